The van der Waals surface area contributed by atoms with Crippen molar-refractivity contribution in [1.29, 1.82) is 0 Å². The van der Waals surface area contributed by atoms with Crippen molar-refractivity contribution in [2.24, 2.45) is 10.5 Å². The van der Waals surface area contributed by atoms with Crippen molar-refractivity contribution in [2.45, 2.75) is 46.5 Å². The van der Waals surface area contributed by atoms with Gasteiger partial charge < -0.3 is 5.32 Å². The molecule has 1 aliphatic heterocycles. The molecule has 0 saturated carbocycles. The summed E-state index contributed by atoms with van der Waals surface area (Å²) < 4.78 is 0. The molecule has 1 rings (SSSR count). The number of hydrogen-bond acceptors (Lipinski definition) is 3. The molecule has 0 bridgehead atoms. The van der Waals surface area contributed by atoms with Gasteiger partial charge in [-0.3, -0.25) is 9.59 Å². The highest BCUT2D eigenvalue weighted by molar-refractivity contribution is 5.94. The maximum Gasteiger partial charge on any atom is 0.240 e. The van der Waals surface area contributed by atoms with E-state index in [1.807, 2.05) is 0 Å². The van der Waals surface area contributed by atoms with Gasteiger partial charge in [-0.25, -0.2) is 5.43 Å². The van der Waals surface area contributed by atoms with Gasteiger partial charge in [0.25, 0.3) is 0 Å². The lowest BCUT2D eigenvalue weighted by molar-refractivity contribution is -0.121. The summed E-state index contributed by atoms with van der Waals surface area (Å²) in [4.78, 5) is 22.4. The molecule has 0 fully saturated rings. The van der Waals surface area contributed by atoms with Crippen LogP contribution in [-0.4, -0.2) is 24.1 Å². The Kier molecular flexibility index (Phi) is 4.66. The number of rotatable bonds is 4. The van der Waals surface area contributed by atoms with E-state index in [1.165, 1.54) is 0 Å². The smallest absolute Gasteiger partial charge is 0.240 e. The molecule has 0 aromatic heterocycles. The summed E-state index contributed by atoms with van der Waals surface area (Å²) in [5.74, 6) is -0.00883. The van der Waals surface area contributed by atoms with E-state index in [4.69, 9.17) is 0 Å². The van der Waals surface area contributed by atoms with Gasteiger partial charge in [0.1, 0.15) is 0 Å². The molecule has 2 amide bonds. The first-order chi connectivity index (χ1) is 7.87. The fourth-order valence-corrected chi connectivity index (χ4v) is 1.40. The Labute approximate surface area is 102 Å². The maximum absolute atomic E-state index is 11.5. The van der Waals surface area contributed by atoms with Gasteiger partial charge in [0, 0.05) is 25.1 Å². The highest BCUT2D eigenvalue weighted by Gasteiger charge is 2.14. The van der Waals surface area contributed by atoms with Crippen molar-refractivity contribution >= 4 is 17.5 Å². The third-order valence-corrected chi connectivity index (χ3v) is 2.44. The second-order valence-electron chi connectivity index (χ2n) is 5.55. The SMILES string of the molecule is CC(C)(C)CNC(=O)CCC1=NNC(=O)CC1. The van der Waals surface area contributed by atoms with E-state index in [-0.39, 0.29) is 17.2 Å². The Morgan fingerprint density at radius 2 is 2.12 bits per heavy atom. The van der Waals surface area contributed by atoms with E-state index in [2.05, 4.69) is 36.6 Å². The molecule has 0 aromatic rings. The average Bonchev–Trinajstić information content (AvgIpc) is 2.25. The minimum absolute atomic E-state index is 0.0412. The molecule has 96 valence electrons. The zero-order chi connectivity index (χ0) is 12.9. The highest BCUT2D eigenvalue weighted by Crippen LogP contribution is 2.10. The first-order valence-corrected chi connectivity index (χ1v) is 5.98. The fourth-order valence-electron chi connectivity index (χ4n) is 1.40. The molecule has 5 nitrogen and oxygen atoms in total. The van der Waals surface area contributed by atoms with E-state index in [9.17, 15) is 9.59 Å². The van der Waals surface area contributed by atoms with E-state index >= 15 is 0 Å². The van der Waals surface area contributed by atoms with Crippen LogP contribution in [0, 0.1) is 5.41 Å². The summed E-state index contributed by atoms with van der Waals surface area (Å²) in [6, 6.07) is 0. The van der Waals surface area contributed by atoms with Crippen molar-refractivity contribution in [3.8, 4) is 0 Å². The Morgan fingerprint density at radius 3 is 2.65 bits per heavy atom. The van der Waals surface area contributed by atoms with Crippen LogP contribution < -0.4 is 10.7 Å². The lowest BCUT2D eigenvalue weighted by Gasteiger charge is -2.19. The molecule has 0 unspecified atom stereocenters. The van der Waals surface area contributed by atoms with Crippen LogP contribution in [0.5, 0.6) is 0 Å². The summed E-state index contributed by atoms with van der Waals surface area (Å²) in [6.07, 6.45) is 2.20. The van der Waals surface area contributed by atoms with Crippen LogP contribution in [0.2, 0.25) is 0 Å². The molecule has 5 heteroatoms. The third-order valence-electron chi connectivity index (χ3n) is 2.44. The van der Waals surface area contributed by atoms with Crippen LogP contribution in [0.4, 0.5) is 0 Å². The molecule has 2 N–H and O–H groups in total. The molecule has 0 atom stereocenters. The Hall–Kier alpha value is -1.39. The predicted molar refractivity (Wildman–Crippen MR) is 66.5 cm³/mol. The van der Waals surface area contributed by atoms with Gasteiger partial charge in [-0.15, -0.1) is 0 Å². The fraction of sp³-hybridized carbons (Fsp3) is 0.750. The van der Waals surface area contributed by atoms with Crippen LogP contribution in [0.25, 0.3) is 0 Å². The molecule has 17 heavy (non-hydrogen) atoms. The van der Waals surface area contributed by atoms with Gasteiger partial charge in [-0.1, -0.05) is 20.8 Å². The predicted octanol–water partition coefficient (Wildman–Crippen LogP) is 1.19. The van der Waals surface area contributed by atoms with E-state index < -0.39 is 0 Å². The van der Waals surface area contributed by atoms with Gasteiger partial charge in [0.05, 0.1) is 0 Å². The first-order valence-electron chi connectivity index (χ1n) is 5.98. The number of amides is 2. The summed E-state index contributed by atoms with van der Waals surface area (Å²) >= 11 is 0. The molecule has 0 spiro atoms. The van der Waals surface area contributed by atoms with Crippen molar-refractivity contribution in [1.82, 2.24) is 10.7 Å². The number of carbonyl (C=O) groups is 2. The monoisotopic (exact) mass is 239 g/mol. The lowest BCUT2D eigenvalue weighted by atomic mass is 9.97. The largest absolute Gasteiger partial charge is 0.356 e. The molecular formula is C12H21N3O2. The zero-order valence-corrected chi connectivity index (χ0v) is 10.8. The molecule has 0 saturated heterocycles. The second kappa shape index (κ2) is 5.80. The van der Waals surface area contributed by atoms with Crippen LogP contribution >= 0.6 is 0 Å². The summed E-state index contributed by atoms with van der Waals surface area (Å²) in [7, 11) is 0. The molecule has 0 aliphatic carbocycles. The van der Waals surface area contributed by atoms with E-state index in [0.717, 1.165) is 5.71 Å². The number of hydrazone groups is 1. The quantitative estimate of drug-likeness (QED) is 0.773. The molecule has 1 heterocycles. The first kappa shape index (κ1) is 13.7. The second-order valence-corrected chi connectivity index (χ2v) is 5.55. The highest BCUT2D eigenvalue weighted by atomic mass is 16.2. The maximum atomic E-state index is 11.5. The van der Waals surface area contributed by atoms with Crippen LogP contribution in [-0.2, 0) is 9.59 Å². The Morgan fingerprint density at radius 1 is 1.41 bits per heavy atom. The topological polar surface area (TPSA) is 70.6 Å². The zero-order valence-electron chi connectivity index (χ0n) is 10.8. The van der Waals surface area contributed by atoms with Crippen molar-refractivity contribution in [3.63, 3.8) is 0 Å². The van der Waals surface area contributed by atoms with Gasteiger partial charge in [-0.2, -0.15) is 5.10 Å². The Balaban J connectivity index is 2.22. The van der Waals surface area contributed by atoms with E-state index in [1.54, 1.807) is 0 Å². The van der Waals surface area contributed by atoms with Crippen molar-refractivity contribution < 1.29 is 9.59 Å². The van der Waals surface area contributed by atoms with Crippen LogP contribution in [0.1, 0.15) is 46.5 Å². The van der Waals surface area contributed by atoms with Gasteiger partial charge >= 0.3 is 0 Å². The molecular weight excluding hydrogens is 218 g/mol. The molecule has 0 aromatic carbocycles. The van der Waals surface area contributed by atoms with Crippen LogP contribution in [0.15, 0.2) is 5.10 Å². The minimum atomic E-state index is -0.0501. The van der Waals surface area contributed by atoms with E-state index in [0.29, 0.717) is 32.2 Å². The number of carbonyl (C=O) groups excluding carboxylic acids is 2. The summed E-state index contributed by atoms with van der Waals surface area (Å²) in [5, 5.41) is 6.82. The number of nitrogens with zero attached hydrogens (tertiary/aromatic N) is 1. The van der Waals surface area contributed by atoms with Crippen LogP contribution in [0.3, 0.4) is 0 Å². The van der Waals surface area contributed by atoms with Crippen molar-refractivity contribution in [2.75, 3.05) is 6.54 Å². The Bertz CT molecular complexity index is 329. The summed E-state index contributed by atoms with van der Waals surface area (Å²) in [6.45, 7) is 6.91. The lowest BCUT2D eigenvalue weighted by Crippen LogP contribution is -2.33. The standard InChI is InChI=1S/C12H21N3O2/c1-12(2,3)8-13-10(16)6-4-9-5-7-11(17)15-14-9/h4-8H2,1-3H3,(H,13,16)(H,15,17). The van der Waals surface area contributed by atoms with Gasteiger partial charge in [-0.05, 0) is 18.3 Å². The molecule has 0 radical (unpaired) electrons. The number of nitrogens with one attached hydrogen (secondary N) is 2. The van der Waals surface area contributed by atoms with Gasteiger partial charge in [0.15, 0.2) is 0 Å². The molecule has 1 aliphatic rings. The minimum Gasteiger partial charge on any atom is -0.356 e. The summed E-state index contributed by atoms with van der Waals surface area (Å²) in [5.41, 5.74) is 3.43. The van der Waals surface area contributed by atoms with Gasteiger partial charge in [0.2, 0.25) is 11.8 Å². The third kappa shape index (κ3) is 6.04. The van der Waals surface area contributed by atoms with Crippen molar-refractivity contribution in [3.05, 3.63) is 0 Å². The average molecular weight is 239 g/mol. The number of hydrogen-bond donors (Lipinski definition) is 2. The normalized spacial score (nSPS) is 16.2.